The second-order valence-corrected chi connectivity index (χ2v) is 6.36. The SMILES string of the molecule is O=C(c1ccccn1)N1CCO[C@H]2[C@H](OCc3ccccn3)CC[C@@H]21. The Morgan fingerprint density at radius 3 is 2.76 bits per heavy atom. The monoisotopic (exact) mass is 339 g/mol. The number of ether oxygens (including phenoxy) is 2. The minimum Gasteiger partial charge on any atom is -0.372 e. The molecule has 25 heavy (non-hydrogen) atoms. The summed E-state index contributed by atoms with van der Waals surface area (Å²) in [5.74, 6) is -0.0238. The molecule has 3 heterocycles. The molecule has 2 aromatic heterocycles. The maximum atomic E-state index is 12.8. The van der Waals surface area contributed by atoms with Crippen LogP contribution in [0.25, 0.3) is 0 Å². The van der Waals surface area contributed by atoms with Crippen molar-refractivity contribution in [2.75, 3.05) is 13.2 Å². The van der Waals surface area contributed by atoms with Crippen molar-refractivity contribution in [3.8, 4) is 0 Å². The minimum atomic E-state index is -0.0786. The predicted molar refractivity (Wildman–Crippen MR) is 90.8 cm³/mol. The molecule has 1 aliphatic carbocycles. The molecule has 2 aromatic rings. The summed E-state index contributed by atoms with van der Waals surface area (Å²) in [6.07, 6.45) is 5.10. The van der Waals surface area contributed by atoms with Crippen LogP contribution in [0.5, 0.6) is 0 Å². The molecule has 1 aliphatic heterocycles. The summed E-state index contributed by atoms with van der Waals surface area (Å²) in [6.45, 7) is 1.60. The molecule has 1 saturated heterocycles. The van der Waals surface area contributed by atoms with Crippen LogP contribution in [0, 0.1) is 0 Å². The summed E-state index contributed by atoms with van der Waals surface area (Å²) in [4.78, 5) is 23.2. The van der Waals surface area contributed by atoms with Crippen LogP contribution < -0.4 is 0 Å². The predicted octanol–water partition coefficient (Wildman–Crippen LogP) is 2.07. The number of rotatable bonds is 4. The van der Waals surface area contributed by atoms with Crippen LogP contribution in [-0.4, -0.2) is 52.2 Å². The number of pyridine rings is 2. The van der Waals surface area contributed by atoms with E-state index in [-0.39, 0.29) is 24.2 Å². The standard InChI is InChI=1S/C19H21N3O3/c23-19(15-6-2-4-10-21-15)22-11-12-24-18-16(22)7-8-17(18)25-13-14-5-1-3-9-20-14/h1-6,9-10,16-18H,7-8,11-13H2/t16-,17+,18+/m0/s1. The molecule has 0 aromatic carbocycles. The molecule has 1 amide bonds. The van der Waals surface area contributed by atoms with Crippen LogP contribution >= 0.6 is 0 Å². The smallest absolute Gasteiger partial charge is 0.272 e. The Kier molecular flexibility index (Phi) is 4.72. The highest BCUT2D eigenvalue weighted by Gasteiger charge is 2.45. The second kappa shape index (κ2) is 7.29. The summed E-state index contributed by atoms with van der Waals surface area (Å²) < 4.78 is 12.0. The van der Waals surface area contributed by atoms with Crippen molar-refractivity contribution < 1.29 is 14.3 Å². The Labute approximate surface area is 146 Å². The fraction of sp³-hybridized carbons (Fsp3) is 0.421. The number of amides is 1. The normalized spacial score (nSPS) is 25.6. The molecule has 3 atom stereocenters. The van der Waals surface area contributed by atoms with Crippen molar-refractivity contribution in [1.29, 1.82) is 0 Å². The fourth-order valence-electron chi connectivity index (χ4n) is 3.66. The first-order valence-corrected chi connectivity index (χ1v) is 8.68. The van der Waals surface area contributed by atoms with E-state index in [1.807, 2.05) is 35.2 Å². The summed E-state index contributed by atoms with van der Waals surface area (Å²) in [6, 6.07) is 11.3. The number of hydrogen-bond donors (Lipinski definition) is 0. The van der Waals surface area contributed by atoms with Crippen LogP contribution in [0.3, 0.4) is 0 Å². The molecule has 6 heteroatoms. The third-order valence-electron chi connectivity index (χ3n) is 4.85. The quantitative estimate of drug-likeness (QED) is 0.853. The average molecular weight is 339 g/mol. The first-order chi connectivity index (χ1) is 12.3. The topological polar surface area (TPSA) is 64.6 Å². The van der Waals surface area contributed by atoms with Gasteiger partial charge in [-0.2, -0.15) is 0 Å². The van der Waals surface area contributed by atoms with Gasteiger partial charge in [0.15, 0.2) is 0 Å². The highest BCUT2D eigenvalue weighted by Crippen LogP contribution is 2.33. The number of aromatic nitrogens is 2. The number of hydrogen-bond acceptors (Lipinski definition) is 5. The van der Waals surface area contributed by atoms with Gasteiger partial charge < -0.3 is 14.4 Å². The van der Waals surface area contributed by atoms with Crippen molar-refractivity contribution in [3.05, 3.63) is 60.2 Å². The number of carbonyl (C=O) groups excluding carboxylic acids is 1. The van der Waals surface area contributed by atoms with E-state index in [0.29, 0.717) is 25.5 Å². The van der Waals surface area contributed by atoms with E-state index in [9.17, 15) is 4.79 Å². The molecule has 0 radical (unpaired) electrons. The third kappa shape index (κ3) is 3.41. The van der Waals surface area contributed by atoms with E-state index in [0.717, 1.165) is 18.5 Å². The van der Waals surface area contributed by atoms with Gasteiger partial charge in [-0.1, -0.05) is 12.1 Å². The summed E-state index contributed by atoms with van der Waals surface area (Å²) in [7, 11) is 0. The highest BCUT2D eigenvalue weighted by atomic mass is 16.5. The molecular weight excluding hydrogens is 318 g/mol. The first-order valence-electron chi connectivity index (χ1n) is 8.68. The van der Waals surface area contributed by atoms with E-state index < -0.39 is 0 Å². The fourth-order valence-corrected chi connectivity index (χ4v) is 3.66. The van der Waals surface area contributed by atoms with Crippen LogP contribution in [0.15, 0.2) is 48.8 Å². The summed E-state index contributed by atoms with van der Waals surface area (Å²) >= 11 is 0. The maximum Gasteiger partial charge on any atom is 0.272 e. The molecule has 0 spiro atoms. The molecule has 0 bridgehead atoms. The lowest BCUT2D eigenvalue weighted by Gasteiger charge is -2.38. The summed E-state index contributed by atoms with van der Waals surface area (Å²) in [5, 5.41) is 0. The minimum absolute atomic E-state index is 0.00802. The van der Waals surface area contributed by atoms with Crippen LogP contribution in [-0.2, 0) is 16.1 Å². The van der Waals surface area contributed by atoms with Crippen LogP contribution in [0.2, 0.25) is 0 Å². The van der Waals surface area contributed by atoms with Gasteiger partial charge in [-0.25, -0.2) is 0 Å². The molecule has 6 nitrogen and oxygen atoms in total. The van der Waals surface area contributed by atoms with E-state index >= 15 is 0 Å². The molecule has 0 N–H and O–H groups in total. The van der Waals surface area contributed by atoms with Gasteiger partial charge in [-0.3, -0.25) is 14.8 Å². The zero-order valence-corrected chi connectivity index (χ0v) is 14.0. The molecule has 0 unspecified atom stereocenters. The molecule has 130 valence electrons. The van der Waals surface area contributed by atoms with Crippen molar-refractivity contribution in [2.24, 2.45) is 0 Å². The third-order valence-corrected chi connectivity index (χ3v) is 4.85. The molecule has 2 fully saturated rings. The van der Waals surface area contributed by atoms with E-state index in [4.69, 9.17) is 9.47 Å². The van der Waals surface area contributed by atoms with Crippen molar-refractivity contribution >= 4 is 5.91 Å². The zero-order chi connectivity index (χ0) is 17.1. The Balaban J connectivity index is 1.42. The van der Waals surface area contributed by atoms with Gasteiger partial charge in [0.1, 0.15) is 11.8 Å². The number of carbonyl (C=O) groups is 1. The number of morpholine rings is 1. The van der Waals surface area contributed by atoms with Gasteiger partial charge in [-0.15, -0.1) is 0 Å². The average Bonchev–Trinajstić information content (AvgIpc) is 3.10. The molecule has 1 saturated carbocycles. The van der Waals surface area contributed by atoms with Crippen molar-refractivity contribution in [2.45, 2.75) is 37.7 Å². The molecule has 2 aliphatic rings. The van der Waals surface area contributed by atoms with Gasteiger partial charge in [0.25, 0.3) is 5.91 Å². The maximum absolute atomic E-state index is 12.8. The van der Waals surface area contributed by atoms with Crippen LogP contribution in [0.4, 0.5) is 0 Å². The highest BCUT2D eigenvalue weighted by molar-refractivity contribution is 5.92. The van der Waals surface area contributed by atoms with E-state index in [2.05, 4.69) is 9.97 Å². The Morgan fingerprint density at radius 1 is 1.16 bits per heavy atom. The molecule has 4 rings (SSSR count). The first kappa shape index (κ1) is 16.2. The lowest BCUT2D eigenvalue weighted by molar-refractivity contribution is -0.109. The summed E-state index contributed by atoms with van der Waals surface area (Å²) in [5.41, 5.74) is 1.39. The van der Waals surface area contributed by atoms with Gasteiger partial charge in [0.05, 0.1) is 31.1 Å². The Bertz CT molecular complexity index is 710. The zero-order valence-electron chi connectivity index (χ0n) is 14.0. The lowest BCUT2D eigenvalue weighted by Crippen LogP contribution is -2.54. The number of fused-ring (bicyclic) bond motifs is 1. The van der Waals surface area contributed by atoms with E-state index in [1.165, 1.54) is 0 Å². The van der Waals surface area contributed by atoms with Crippen LogP contribution in [0.1, 0.15) is 29.0 Å². The largest absolute Gasteiger partial charge is 0.372 e. The lowest BCUT2D eigenvalue weighted by atomic mass is 10.1. The Hall–Kier alpha value is -2.31. The van der Waals surface area contributed by atoms with E-state index in [1.54, 1.807) is 18.5 Å². The van der Waals surface area contributed by atoms with Crippen molar-refractivity contribution in [3.63, 3.8) is 0 Å². The number of nitrogens with zero attached hydrogens (tertiary/aromatic N) is 3. The van der Waals surface area contributed by atoms with Gasteiger partial charge in [-0.05, 0) is 37.1 Å². The second-order valence-electron chi connectivity index (χ2n) is 6.36. The van der Waals surface area contributed by atoms with Crippen molar-refractivity contribution in [1.82, 2.24) is 14.9 Å². The van der Waals surface area contributed by atoms with Gasteiger partial charge in [0.2, 0.25) is 0 Å². The van der Waals surface area contributed by atoms with Gasteiger partial charge >= 0.3 is 0 Å². The van der Waals surface area contributed by atoms with Gasteiger partial charge in [0, 0.05) is 18.9 Å². The Morgan fingerprint density at radius 2 is 2.00 bits per heavy atom. The molecular formula is C19H21N3O3.